The summed E-state index contributed by atoms with van der Waals surface area (Å²) in [6, 6.07) is 17.2. The van der Waals surface area contributed by atoms with Crippen LogP contribution in [0.2, 0.25) is 0 Å². The maximum atomic E-state index is 12.5. The van der Waals surface area contributed by atoms with Gasteiger partial charge in [0, 0.05) is 31.7 Å². The molecule has 3 rings (SSSR count). The molecule has 0 spiro atoms. The molecular formula is C18H24N3O2S+. The van der Waals surface area contributed by atoms with Gasteiger partial charge < -0.3 is 5.73 Å². The molecule has 0 bridgehead atoms. The zero-order valence-corrected chi connectivity index (χ0v) is 14.5. The van der Waals surface area contributed by atoms with E-state index in [0.717, 1.165) is 32.5 Å². The number of piperidine rings is 1. The molecule has 1 aliphatic heterocycles. The molecular weight excluding hydrogens is 322 g/mol. The van der Waals surface area contributed by atoms with E-state index in [-0.39, 0.29) is 10.9 Å². The van der Waals surface area contributed by atoms with Crippen LogP contribution in [0.4, 0.5) is 5.69 Å². The van der Waals surface area contributed by atoms with Crippen LogP contribution in [0, 0.1) is 0 Å². The third-order valence-electron chi connectivity index (χ3n) is 4.42. The average molecular weight is 346 g/mol. The average Bonchev–Trinajstić information content (AvgIpc) is 2.58. The van der Waals surface area contributed by atoms with Gasteiger partial charge in [0.1, 0.15) is 10.6 Å². The van der Waals surface area contributed by atoms with E-state index in [2.05, 4.69) is 27.5 Å². The topological polar surface area (TPSA) is 77.0 Å². The van der Waals surface area contributed by atoms with Crippen LogP contribution < -0.4 is 10.5 Å². The summed E-state index contributed by atoms with van der Waals surface area (Å²) >= 11 is 0. The van der Waals surface area contributed by atoms with Gasteiger partial charge in [-0.05, 0) is 24.5 Å². The van der Waals surface area contributed by atoms with Crippen molar-refractivity contribution in [1.82, 2.24) is 9.62 Å². The highest BCUT2D eigenvalue weighted by atomic mass is 32.2. The van der Waals surface area contributed by atoms with Crippen LogP contribution in [0.1, 0.15) is 18.4 Å². The van der Waals surface area contributed by atoms with Gasteiger partial charge >= 0.3 is 0 Å². The van der Waals surface area contributed by atoms with Crippen molar-refractivity contribution in [2.24, 2.45) is 0 Å². The first-order valence-corrected chi connectivity index (χ1v) is 9.72. The second kappa shape index (κ2) is 7.44. The summed E-state index contributed by atoms with van der Waals surface area (Å²) in [5.41, 5.74) is 5.64. The summed E-state index contributed by atoms with van der Waals surface area (Å²) in [4.78, 5) is 2.65. The fourth-order valence-corrected chi connectivity index (χ4v) is 4.57. The smallest absolute Gasteiger partial charge is 0.246 e. The first-order chi connectivity index (χ1) is 11.5. The molecule has 0 unspecified atom stereocenters. The highest BCUT2D eigenvalue weighted by molar-refractivity contribution is 7.89. The van der Waals surface area contributed by atoms with E-state index in [9.17, 15) is 8.42 Å². The fraction of sp³-hybridized carbons (Fsp3) is 0.333. The second-order valence-electron chi connectivity index (χ2n) is 6.27. The minimum Gasteiger partial charge on any atom is -0.324 e. The lowest BCUT2D eigenvalue weighted by Gasteiger charge is -2.32. The number of benzene rings is 2. The first-order valence-electron chi connectivity index (χ1n) is 8.24. The van der Waals surface area contributed by atoms with E-state index in [0.29, 0.717) is 5.69 Å². The molecule has 2 aromatic rings. The molecule has 1 saturated heterocycles. The standard InChI is InChI=1S/C18H23N3O2S/c19-17-8-4-5-9-18(17)24(22,23)20-16-10-12-21(13-11-16)14-15-6-2-1-3-7-15/h1-9,16,20H,10-14,19H2/p+1. The van der Waals surface area contributed by atoms with Crippen LogP contribution in [-0.2, 0) is 16.6 Å². The van der Waals surface area contributed by atoms with E-state index in [1.165, 1.54) is 5.56 Å². The molecule has 0 atom stereocenters. The van der Waals surface area contributed by atoms with Gasteiger partial charge in [-0.2, -0.15) is 0 Å². The van der Waals surface area contributed by atoms with Crippen molar-refractivity contribution < 1.29 is 14.2 Å². The van der Waals surface area contributed by atoms with Crippen molar-refractivity contribution in [2.75, 3.05) is 13.1 Å². The third kappa shape index (κ3) is 4.21. The van der Waals surface area contributed by atoms with Gasteiger partial charge in [-0.25, -0.2) is 13.1 Å². The van der Waals surface area contributed by atoms with E-state index in [4.69, 9.17) is 0 Å². The summed E-state index contributed by atoms with van der Waals surface area (Å²) in [6.45, 7) is 2.71. The van der Waals surface area contributed by atoms with Crippen LogP contribution in [0.5, 0.6) is 0 Å². The molecule has 1 fully saturated rings. The molecule has 1 heterocycles. The Morgan fingerprint density at radius 1 is 1.00 bits per heavy atom. The maximum Gasteiger partial charge on any atom is 0.246 e. The summed E-state index contributed by atoms with van der Waals surface area (Å²) < 4.78 is 27.9. The number of sulfonamides is 1. The zero-order valence-electron chi connectivity index (χ0n) is 13.7. The SMILES string of the molecule is [NH3+]c1ccccc1S(=O)(=O)NC1CCN(Cc2ccccc2)CC1. The molecule has 5 nitrogen and oxygen atoms in total. The molecule has 0 aromatic heterocycles. The van der Waals surface area contributed by atoms with Gasteiger partial charge in [0.2, 0.25) is 10.0 Å². The Morgan fingerprint density at radius 2 is 1.62 bits per heavy atom. The fourth-order valence-electron chi connectivity index (χ4n) is 3.10. The lowest BCUT2D eigenvalue weighted by Crippen LogP contribution is -2.46. The van der Waals surface area contributed by atoms with Crippen LogP contribution in [0.15, 0.2) is 59.5 Å². The van der Waals surface area contributed by atoms with E-state index >= 15 is 0 Å². The van der Waals surface area contributed by atoms with Gasteiger partial charge in [-0.15, -0.1) is 0 Å². The largest absolute Gasteiger partial charge is 0.324 e. The summed E-state index contributed by atoms with van der Waals surface area (Å²) in [5, 5.41) is 0. The number of hydrogen-bond donors (Lipinski definition) is 2. The van der Waals surface area contributed by atoms with Gasteiger partial charge in [0.25, 0.3) is 0 Å². The van der Waals surface area contributed by atoms with Crippen molar-refractivity contribution in [1.29, 1.82) is 0 Å². The molecule has 2 aromatic carbocycles. The van der Waals surface area contributed by atoms with Gasteiger partial charge in [0.05, 0.1) is 0 Å². The van der Waals surface area contributed by atoms with Crippen molar-refractivity contribution in [3.05, 3.63) is 60.2 Å². The number of quaternary nitrogens is 1. The first kappa shape index (κ1) is 17.1. The quantitative estimate of drug-likeness (QED) is 0.861. The Morgan fingerprint density at radius 3 is 2.29 bits per heavy atom. The monoisotopic (exact) mass is 346 g/mol. The lowest BCUT2D eigenvalue weighted by atomic mass is 10.1. The number of likely N-dealkylation sites (tertiary alicyclic amines) is 1. The van der Waals surface area contributed by atoms with Crippen molar-refractivity contribution in [3.8, 4) is 0 Å². The number of rotatable bonds is 5. The van der Waals surface area contributed by atoms with E-state index in [1.54, 1.807) is 24.3 Å². The Bertz CT molecular complexity index is 770. The molecule has 1 aliphatic rings. The predicted octanol–water partition coefficient (Wildman–Crippen LogP) is 1.50. The second-order valence-corrected chi connectivity index (χ2v) is 7.95. The number of hydrogen-bond acceptors (Lipinski definition) is 3. The maximum absolute atomic E-state index is 12.5. The Balaban J connectivity index is 1.56. The van der Waals surface area contributed by atoms with E-state index < -0.39 is 10.0 Å². The molecule has 24 heavy (non-hydrogen) atoms. The minimum absolute atomic E-state index is 0.0124. The van der Waals surface area contributed by atoms with Gasteiger partial charge in [-0.3, -0.25) is 4.90 Å². The molecule has 0 saturated carbocycles. The molecule has 4 N–H and O–H groups in total. The number of nitrogens with one attached hydrogen (secondary N) is 1. The van der Waals surface area contributed by atoms with Crippen LogP contribution in [0.3, 0.4) is 0 Å². The molecule has 6 heteroatoms. The summed E-state index contributed by atoms with van der Waals surface area (Å²) in [5.74, 6) is 0. The Kier molecular flexibility index (Phi) is 5.30. The zero-order chi connectivity index (χ0) is 17.0. The van der Waals surface area contributed by atoms with Gasteiger partial charge in [-0.1, -0.05) is 42.5 Å². The van der Waals surface area contributed by atoms with Crippen molar-refractivity contribution in [2.45, 2.75) is 30.3 Å². The minimum atomic E-state index is -3.50. The Hall–Kier alpha value is -1.73. The molecule has 128 valence electrons. The van der Waals surface area contributed by atoms with Crippen LogP contribution in [-0.4, -0.2) is 32.4 Å². The molecule has 0 aliphatic carbocycles. The van der Waals surface area contributed by atoms with Gasteiger partial charge in [0.15, 0.2) is 0 Å². The normalized spacial score (nSPS) is 17.0. The predicted molar refractivity (Wildman–Crippen MR) is 94.1 cm³/mol. The Labute approximate surface area is 143 Å². The molecule has 0 amide bonds. The van der Waals surface area contributed by atoms with Crippen LogP contribution in [0.25, 0.3) is 0 Å². The highest BCUT2D eigenvalue weighted by Crippen LogP contribution is 2.19. The third-order valence-corrected chi connectivity index (χ3v) is 6.04. The van der Waals surface area contributed by atoms with Crippen LogP contribution >= 0.6 is 0 Å². The summed E-state index contributed by atoms with van der Waals surface area (Å²) in [7, 11) is -3.50. The highest BCUT2D eigenvalue weighted by Gasteiger charge is 2.26. The molecule has 0 radical (unpaired) electrons. The number of nitrogens with zero attached hydrogens (tertiary/aromatic N) is 1. The van der Waals surface area contributed by atoms with Crippen molar-refractivity contribution in [3.63, 3.8) is 0 Å². The van der Waals surface area contributed by atoms with Crippen molar-refractivity contribution >= 4 is 15.7 Å². The van der Waals surface area contributed by atoms with E-state index in [1.807, 2.05) is 18.2 Å². The lowest BCUT2D eigenvalue weighted by molar-refractivity contribution is -0.258. The summed E-state index contributed by atoms with van der Waals surface area (Å²) in [6.07, 6.45) is 1.65.